The van der Waals surface area contributed by atoms with Crippen LogP contribution < -0.4 is 4.74 Å². The Kier molecular flexibility index (Phi) is 5.34. The molecule has 0 fully saturated rings. The highest BCUT2D eigenvalue weighted by Crippen LogP contribution is 2.23. The van der Waals surface area contributed by atoms with Crippen molar-refractivity contribution < 1.29 is 4.74 Å². The molecule has 1 aromatic carbocycles. The van der Waals surface area contributed by atoms with Gasteiger partial charge in [-0.2, -0.15) is 0 Å². The first kappa shape index (κ1) is 11.5. The molecule has 1 rings (SSSR count). The number of halogens is 2. The Bertz CT molecular complexity index is 280. The second-order valence-corrected chi connectivity index (χ2v) is 5.04. The van der Waals surface area contributed by atoms with Gasteiger partial charge in [-0.1, -0.05) is 6.04 Å². The van der Waals surface area contributed by atoms with Crippen molar-refractivity contribution in [2.24, 2.45) is 0 Å². The smallest absolute Gasteiger partial charge is 0.120 e. The molecule has 0 spiro atoms. The van der Waals surface area contributed by atoms with E-state index in [2.05, 4.69) is 48.8 Å². The molecule has 3 radical (unpaired) electrons. The van der Waals surface area contributed by atoms with Crippen LogP contribution in [0, 0.1) is 3.57 Å². The molecule has 4 heteroatoms. The Morgan fingerprint density at radius 1 is 1.46 bits per heavy atom. The van der Waals surface area contributed by atoms with Crippen LogP contribution in [0.4, 0.5) is 0 Å². The van der Waals surface area contributed by atoms with Crippen molar-refractivity contribution in [3.63, 3.8) is 0 Å². The highest BCUT2D eigenvalue weighted by atomic mass is 127. The van der Waals surface area contributed by atoms with Crippen molar-refractivity contribution in [2.75, 3.05) is 6.61 Å². The van der Waals surface area contributed by atoms with Crippen LogP contribution in [0.15, 0.2) is 22.7 Å². The molecule has 1 nitrogen and oxygen atoms in total. The molecule has 0 unspecified atom stereocenters. The molecule has 0 N–H and O–H groups in total. The number of hydrogen-bond donors (Lipinski definition) is 0. The van der Waals surface area contributed by atoms with Crippen LogP contribution in [0.3, 0.4) is 0 Å². The van der Waals surface area contributed by atoms with Gasteiger partial charge in [0, 0.05) is 18.3 Å². The van der Waals surface area contributed by atoms with Gasteiger partial charge in [0.2, 0.25) is 0 Å². The van der Waals surface area contributed by atoms with E-state index in [1.165, 1.54) is 3.57 Å². The topological polar surface area (TPSA) is 9.23 Å². The first-order chi connectivity index (χ1) is 6.24. The average molecular weight is 368 g/mol. The third kappa shape index (κ3) is 3.99. The van der Waals surface area contributed by atoms with E-state index in [4.69, 9.17) is 4.74 Å². The quantitative estimate of drug-likeness (QED) is 0.450. The van der Waals surface area contributed by atoms with E-state index in [0.29, 0.717) is 0 Å². The van der Waals surface area contributed by atoms with Crippen molar-refractivity contribution in [1.82, 2.24) is 0 Å². The zero-order valence-corrected chi connectivity index (χ0v) is 11.8. The summed E-state index contributed by atoms with van der Waals surface area (Å²) in [5.74, 6) is 0.938. The van der Waals surface area contributed by atoms with E-state index < -0.39 is 0 Å². The molecule has 13 heavy (non-hydrogen) atoms. The lowest BCUT2D eigenvalue weighted by molar-refractivity contribution is 0.317. The molecule has 1 aromatic rings. The number of rotatable bonds is 4. The molecule has 0 atom stereocenters. The third-order valence-corrected chi connectivity index (χ3v) is 4.16. The van der Waals surface area contributed by atoms with Gasteiger partial charge in [-0.3, -0.25) is 0 Å². The third-order valence-electron chi connectivity index (χ3n) is 1.48. The molecule has 0 saturated carbocycles. The summed E-state index contributed by atoms with van der Waals surface area (Å²) < 4.78 is 7.81. The van der Waals surface area contributed by atoms with Crippen LogP contribution in [0.5, 0.6) is 5.75 Å². The standard InChI is InChI=1S/C9H9BrIOSi/c10-8-3-2-7(6-9(8)11)12-4-1-5-13/h2-3,6H,1,4-5H2. The van der Waals surface area contributed by atoms with Gasteiger partial charge in [0.1, 0.15) is 5.75 Å². The second kappa shape index (κ2) is 6.03. The Morgan fingerprint density at radius 3 is 2.85 bits per heavy atom. The lowest BCUT2D eigenvalue weighted by atomic mass is 10.3. The average Bonchev–Trinajstić information content (AvgIpc) is 2.12. The lowest BCUT2D eigenvalue weighted by Gasteiger charge is -2.05. The normalized spacial score (nSPS) is 10.1. The molecular formula is C9H9BrIOSi. The zero-order valence-electron chi connectivity index (χ0n) is 7.02. The highest BCUT2D eigenvalue weighted by molar-refractivity contribution is 14.1. The minimum Gasteiger partial charge on any atom is -0.494 e. The SMILES string of the molecule is [Si]CCCOc1ccc(Br)c(I)c1. The molecular weight excluding hydrogens is 359 g/mol. The van der Waals surface area contributed by atoms with Crippen molar-refractivity contribution in [3.8, 4) is 5.75 Å². The molecule has 0 aliphatic rings. The molecule has 0 aliphatic carbocycles. The van der Waals surface area contributed by atoms with Crippen molar-refractivity contribution in [3.05, 3.63) is 26.2 Å². The molecule has 0 saturated heterocycles. The molecule has 0 aliphatic heterocycles. The maximum Gasteiger partial charge on any atom is 0.120 e. The summed E-state index contributed by atoms with van der Waals surface area (Å²) in [7, 11) is 3.40. The Morgan fingerprint density at radius 2 is 2.23 bits per heavy atom. The van der Waals surface area contributed by atoms with E-state index in [0.717, 1.165) is 29.3 Å². The first-order valence-corrected chi connectivity index (χ1v) is 6.54. The van der Waals surface area contributed by atoms with Gasteiger partial charge in [0.15, 0.2) is 0 Å². The van der Waals surface area contributed by atoms with Gasteiger partial charge in [0.25, 0.3) is 0 Å². The number of hydrogen-bond acceptors (Lipinski definition) is 1. The molecule has 0 amide bonds. The van der Waals surface area contributed by atoms with Crippen LogP contribution in [-0.4, -0.2) is 16.8 Å². The molecule has 0 aromatic heterocycles. The monoisotopic (exact) mass is 367 g/mol. The van der Waals surface area contributed by atoms with Gasteiger partial charge < -0.3 is 4.74 Å². The summed E-state index contributed by atoms with van der Waals surface area (Å²) in [6, 6.07) is 6.98. The largest absolute Gasteiger partial charge is 0.494 e. The number of ether oxygens (including phenoxy) is 1. The van der Waals surface area contributed by atoms with Crippen LogP contribution >= 0.6 is 38.5 Å². The van der Waals surface area contributed by atoms with Gasteiger partial charge >= 0.3 is 0 Å². The van der Waals surface area contributed by atoms with Gasteiger partial charge in [0.05, 0.1) is 6.61 Å². The van der Waals surface area contributed by atoms with Crippen LogP contribution in [0.1, 0.15) is 6.42 Å². The summed E-state index contributed by atoms with van der Waals surface area (Å²) in [4.78, 5) is 0. The summed E-state index contributed by atoms with van der Waals surface area (Å²) in [5, 5.41) is 0. The van der Waals surface area contributed by atoms with Crippen molar-refractivity contribution >= 4 is 48.8 Å². The summed E-state index contributed by atoms with van der Waals surface area (Å²) in [6.45, 7) is 0.765. The highest BCUT2D eigenvalue weighted by Gasteiger charge is 1.98. The second-order valence-electron chi connectivity index (χ2n) is 2.53. The predicted molar refractivity (Wildman–Crippen MR) is 67.5 cm³/mol. The molecule has 0 bridgehead atoms. The minimum absolute atomic E-state index is 0.765. The lowest BCUT2D eigenvalue weighted by Crippen LogP contribution is -1.96. The predicted octanol–water partition coefficient (Wildman–Crippen LogP) is 3.41. The maximum absolute atomic E-state index is 5.53. The Labute approximate surface area is 104 Å². The fourth-order valence-corrected chi connectivity index (χ4v) is 1.71. The van der Waals surface area contributed by atoms with E-state index in [-0.39, 0.29) is 0 Å². The maximum atomic E-state index is 5.53. The summed E-state index contributed by atoms with van der Waals surface area (Å²) in [6.07, 6.45) is 1.03. The van der Waals surface area contributed by atoms with Gasteiger partial charge in [-0.05, 0) is 63.1 Å². The van der Waals surface area contributed by atoms with Gasteiger partial charge in [-0.25, -0.2) is 0 Å². The molecule has 69 valence electrons. The van der Waals surface area contributed by atoms with Crippen molar-refractivity contribution in [2.45, 2.75) is 12.5 Å². The van der Waals surface area contributed by atoms with Crippen LogP contribution in [0.25, 0.3) is 0 Å². The zero-order chi connectivity index (χ0) is 9.68. The van der Waals surface area contributed by atoms with E-state index in [1.807, 2.05) is 18.2 Å². The van der Waals surface area contributed by atoms with E-state index >= 15 is 0 Å². The summed E-state index contributed by atoms with van der Waals surface area (Å²) >= 11 is 5.71. The summed E-state index contributed by atoms with van der Waals surface area (Å²) in [5.41, 5.74) is 0. The van der Waals surface area contributed by atoms with Crippen LogP contribution in [-0.2, 0) is 0 Å². The Hall–Kier alpha value is 0.447. The minimum atomic E-state index is 0.765. The van der Waals surface area contributed by atoms with Crippen LogP contribution in [0.2, 0.25) is 6.04 Å². The first-order valence-electron chi connectivity index (χ1n) is 3.96. The van der Waals surface area contributed by atoms with Crippen molar-refractivity contribution in [1.29, 1.82) is 0 Å². The number of benzene rings is 1. The van der Waals surface area contributed by atoms with E-state index in [9.17, 15) is 0 Å². The Balaban J connectivity index is 2.53. The fraction of sp³-hybridized carbons (Fsp3) is 0.333. The van der Waals surface area contributed by atoms with E-state index in [1.54, 1.807) is 0 Å². The van der Waals surface area contributed by atoms with Gasteiger partial charge in [-0.15, -0.1) is 0 Å². The molecule has 0 heterocycles. The fourth-order valence-electron chi connectivity index (χ4n) is 0.829.